The van der Waals surface area contributed by atoms with Crippen LogP contribution in [0, 0.1) is 11.3 Å². The molecule has 0 atom stereocenters. The molecule has 0 spiro atoms. The predicted octanol–water partition coefficient (Wildman–Crippen LogP) is 3.00. The molecule has 0 N–H and O–H groups in total. The second-order valence-corrected chi connectivity index (χ2v) is 5.80. The van der Waals surface area contributed by atoms with Gasteiger partial charge in [0, 0.05) is 17.3 Å². The maximum absolute atomic E-state index is 8.41. The fraction of sp³-hybridized carbons (Fsp3) is 0.462. The lowest BCUT2D eigenvalue weighted by Gasteiger charge is -2.07. The van der Waals surface area contributed by atoms with E-state index in [1.54, 1.807) is 0 Å². The lowest BCUT2D eigenvalue weighted by Crippen LogP contribution is -2.03. The largest absolute Gasteiger partial charge is 0.488 e. The van der Waals surface area contributed by atoms with Crippen LogP contribution in [-0.4, -0.2) is 19.1 Å². The molecule has 0 saturated carbocycles. The highest BCUT2D eigenvalue weighted by atomic mass is 32.2. The van der Waals surface area contributed by atoms with Gasteiger partial charge in [-0.15, -0.1) is 0 Å². The summed E-state index contributed by atoms with van der Waals surface area (Å²) >= 11 is 0. The van der Waals surface area contributed by atoms with Gasteiger partial charge in [0.25, 0.3) is 0 Å². The Labute approximate surface area is 101 Å². The molecule has 16 heavy (non-hydrogen) atoms. The Kier molecular flexibility index (Phi) is 5.81. The minimum Gasteiger partial charge on any atom is -0.488 e. The smallest absolute Gasteiger partial charge is 0.196 e. The van der Waals surface area contributed by atoms with E-state index >= 15 is 0 Å². The van der Waals surface area contributed by atoms with E-state index in [0.717, 1.165) is 18.6 Å². The number of hydrogen-bond acceptors (Lipinski definition) is 2. The van der Waals surface area contributed by atoms with Gasteiger partial charge in [-0.3, -0.25) is 0 Å². The van der Waals surface area contributed by atoms with Crippen molar-refractivity contribution in [2.24, 2.45) is 0 Å². The first-order valence-electron chi connectivity index (χ1n) is 5.42. The summed E-state index contributed by atoms with van der Waals surface area (Å²) in [7, 11) is 0.223. The highest BCUT2D eigenvalue weighted by Gasteiger charge is 2.14. The lowest BCUT2D eigenvalue weighted by molar-refractivity contribution is 0.300. The van der Waals surface area contributed by atoms with Gasteiger partial charge in [0.05, 0.1) is 12.7 Å². The quantitative estimate of drug-likeness (QED) is 0.562. The van der Waals surface area contributed by atoms with Crippen molar-refractivity contribution in [1.82, 2.24) is 0 Å². The molecule has 0 radical (unpaired) electrons. The highest BCUT2D eigenvalue weighted by Crippen LogP contribution is 2.23. The fourth-order valence-corrected chi connectivity index (χ4v) is 2.27. The van der Waals surface area contributed by atoms with E-state index < -0.39 is 0 Å². The highest BCUT2D eigenvalue weighted by molar-refractivity contribution is 7.95. The number of benzene rings is 1. The first kappa shape index (κ1) is 12.9. The van der Waals surface area contributed by atoms with E-state index in [1.165, 1.54) is 4.90 Å². The molecule has 2 nitrogen and oxygen atoms in total. The van der Waals surface area contributed by atoms with Crippen LogP contribution in [-0.2, 0) is 10.9 Å². The third-order valence-corrected chi connectivity index (χ3v) is 3.45. The monoisotopic (exact) mass is 236 g/mol. The van der Waals surface area contributed by atoms with Crippen molar-refractivity contribution < 1.29 is 4.74 Å². The second kappa shape index (κ2) is 7.19. The first-order chi connectivity index (χ1) is 7.75. The third kappa shape index (κ3) is 4.16. The standard InChI is InChI=1S/C13H18NOS/c1-16(2)13-9-5-4-8-12(13)15-11-7-3-6-10-14/h4-5,8-9H,3,6-7,11H2,1-2H3/q+1. The average molecular weight is 236 g/mol. The van der Waals surface area contributed by atoms with Crippen molar-refractivity contribution >= 4 is 10.9 Å². The van der Waals surface area contributed by atoms with Gasteiger partial charge in [0.1, 0.15) is 12.5 Å². The zero-order valence-electron chi connectivity index (χ0n) is 9.90. The van der Waals surface area contributed by atoms with Gasteiger partial charge in [0.2, 0.25) is 0 Å². The number of unbranched alkanes of at least 4 members (excludes halogenated alkanes) is 2. The Bertz CT molecular complexity index is 357. The van der Waals surface area contributed by atoms with Crippen molar-refractivity contribution in [2.45, 2.75) is 24.2 Å². The van der Waals surface area contributed by atoms with E-state index in [4.69, 9.17) is 10.00 Å². The van der Waals surface area contributed by atoms with Gasteiger partial charge in [-0.2, -0.15) is 5.26 Å². The topological polar surface area (TPSA) is 33.0 Å². The van der Waals surface area contributed by atoms with Crippen molar-refractivity contribution in [2.75, 3.05) is 19.1 Å². The number of nitrogens with zero attached hydrogens (tertiary/aromatic N) is 1. The van der Waals surface area contributed by atoms with Crippen LogP contribution in [0.1, 0.15) is 19.3 Å². The molecular formula is C13H18NOS+. The second-order valence-electron chi connectivity index (χ2n) is 3.73. The van der Waals surface area contributed by atoms with Gasteiger partial charge in [0.15, 0.2) is 10.6 Å². The maximum atomic E-state index is 8.41. The molecular weight excluding hydrogens is 218 g/mol. The molecule has 0 amide bonds. The summed E-state index contributed by atoms with van der Waals surface area (Å²) < 4.78 is 5.74. The molecule has 0 aliphatic rings. The van der Waals surface area contributed by atoms with Crippen LogP contribution in [0.4, 0.5) is 0 Å². The molecule has 0 bridgehead atoms. The first-order valence-corrected chi connectivity index (χ1v) is 7.46. The molecule has 1 rings (SSSR count). The summed E-state index contributed by atoms with van der Waals surface area (Å²) in [6.45, 7) is 0.704. The molecule has 0 aliphatic carbocycles. The Morgan fingerprint density at radius 1 is 1.25 bits per heavy atom. The molecule has 86 valence electrons. The number of para-hydroxylation sites is 1. The molecule has 0 fully saturated rings. The van der Waals surface area contributed by atoms with E-state index in [0.29, 0.717) is 13.0 Å². The summed E-state index contributed by atoms with van der Waals surface area (Å²) in [5.74, 6) is 0.993. The van der Waals surface area contributed by atoms with E-state index in [2.05, 4.69) is 24.6 Å². The lowest BCUT2D eigenvalue weighted by atomic mass is 10.2. The van der Waals surface area contributed by atoms with Gasteiger partial charge >= 0.3 is 0 Å². The van der Waals surface area contributed by atoms with Crippen molar-refractivity contribution in [3.63, 3.8) is 0 Å². The van der Waals surface area contributed by atoms with E-state index in [1.807, 2.05) is 18.2 Å². The van der Waals surface area contributed by atoms with Crippen LogP contribution < -0.4 is 4.74 Å². The average Bonchev–Trinajstić information content (AvgIpc) is 2.29. The van der Waals surface area contributed by atoms with Crippen LogP contribution in [0.25, 0.3) is 0 Å². The summed E-state index contributed by atoms with van der Waals surface area (Å²) in [4.78, 5) is 1.28. The van der Waals surface area contributed by atoms with Gasteiger partial charge in [-0.25, -0.2) is 0 Å². The minimum atomic E-state index is 0.223. The zero-order chi connectivity index (χ0) is 11.8. The molecule has 0 aliphatic heterocycles. The molecule has 0 aromatic heterocycles. The van der Waals surface area contributed by atoms with E-state index in [-0.39, 0.29) is 10.9 Å². The normalized spacial score (nSPS) is 10.1. The van der Waals surface area contributed by atoms with Crippen LogP contribution in [0.3, 0.4) is 0 Å². The number of ether oxygens (including phenoxy) is 1. The molecule has 0 unspecified atom stereocenters. The number of nitriles is 1. The van der Waals surface area contributed by atoms with Crippen LogP contribution >= 0.6 is 0 Å². The van der Waals surface area contributed by atoms with Gasteiger partial charge in [-0.1, -0.05) is 12.1 Å². The van der Waals surface area contributed by atoms with Crippen molar-refractivity contribution in [1.29, 1.82) is 5.26 Å². The Morgan fingerprint density at radius 3 is 2.69 bits per heavy atom. The Hall–Kier alpha value is -1.14. The molecule has 0 saturated heterocycles. The molecule has 3 heteroatoms. The van der Waals surface area contributed by atoms with Crippen LogP contribution in [0.2, 0.25) is 0 Å². The van der Waals surface area contributed by atoms with E-state index in [9.17, 15) is 0 Å². The number of rotatable bonds is 6. The van der Waals surface area contributed by atoms with Crippen molar-refractivity contribution in [3.05, 3.63) is 24.3 Å². The predicted molar refractivity (Wildman–Crippen MR) is 68.9 cm³/mol. The van der Waals surface area contributed by atoms with Gasteiger partial charge < -0.3 is 4.74 Å². The Morgan fingerprint density at radius 2 is 2.00 bits per heavy atom. The van der Waals surface area contributed by atoms with Crippen molar-refractivity contribution in [3.8, 4) is 11.8 Å². The molecule has 1 aromatic carbocycles. The fourth-order valence-electron chi connectivity index (χ4n) is 1.39. The maximum Gasteiger partial charge on any atom is 0.196 e. The Balaban J connectivity index is 2.44. The summed E-state index contributed by atoms with van der Waals surface area (Å²) in [5.41, 5.74) is 0. The summed E-state index contributed by atoms with van der Waals surface area (Å²) in [5, 5.41) is 8.41. The number of hydrogen-bond donors (Lipinski definition) is 0. The van der Waals surface area contributed by atoms with Gasteiger partial charge in [-0.05, 0) is 25.0 Å². The summed E-state index contributed by atoms with van der Waals surface area (Å²) in [6.07, 6.45) is 6.87. The SMILES string of the molecule is C[S+](C)c1ccccc1OCCCCC#N. The molecule has 1 aromatic rings. The summed E-state index contributed by atoms with van der Waals surface area (Å²) in [6, 6.07) is 10.3. The molecule has 0 heterocycles. The minimum absolute atomic E-state index is 0.223. The van der Waals surface area contributed by atoms with Crippen LogP contribution in [0.5, 0.6) is 5.75 Å². The van der Waals surface area contributed by atoms with Crippen LogP contribution in [0.15, 0.2) is 29.2 Å². The zero-order valence-corrected chi connectivity index (χ0v) is 10.7. The third-order valence-electron chi connectivity index (χ3n) is 2.23.